The summed E-state index contributed by atoms with van der Waals surface area (Å²) in [6, 6.07) is 32.4. The first-order valence-electron chi connectivity index (χ1n) is 17.5. The van der Waals surface area contributed by atoms with Gasteiger partial charge in [0.25, 0.3) is 0 Å². The van der Waals surface area contributed by atoms with E-state index in [0.717, 1.165) is 11.1 Å². The smallest absolute Gasteiger partial charge is 0.306 e. The van der Waals surface area contributed by atoms with Gasteiger partial charge in [0.05, 0.1) is 27.2 Å². The van der Waals surface area contributed by atoms with Gasteiger partial charge in [-0.3, -0.25) is 9.59 Å². The molecule has 288 valence electrons. The van der Waals surface area contributed by atoms with Gasteiger partial charge >= 0.3 is 5.97 Å². The van der Waals surface area contributed by atoms with Crippen LogP contribution >= 0.6 is 0 Å². The molecule has 0 bridgehead atoms. The molecule has 0 aliphatic heterocycles. The van der Waals surface area contributed by atoms with Crippen LogP contribution in [0.3, 0.4) is 0 Å². The van der Waals surface area contributed by atoms with Crippen molar-refractivity contribution in [3.05, 3.63) is 120 Å². The van der Waals surface area contributed by atoms with Crippen molar-refractivity contribution < 1.29 is 31.5 Å². The molecule has 9 nitrogen and oxygen atoms in total. The van der Waals surface area contributed by atoms with Gasteiger partial charge in [0.15, 0.2) is 19.7 Å². The van der Waals surface area contributed by atoms with Crippen molar-refractivity contribution in [3.8, 4) is 0 Å². The van der Waals surface area contributed by atoms with Gasteiger partial charge in [-0.1, -0.05) is 128 Å². The van der Waals surface area contributed by atoms with E-state index < -0.39 is 25.6 Å². The van der Waals surface area contributed by atoms with E-state index in [-0.39, 0.29) is 45.0 Å². The Labute approximate surface area is 316 Å². The monoisotopic (exact) mass is 764 g/mol. The number of hydrogen-bond donors (Lipinski definition) is 3. The van der Waals surface area contributed by atoms with Gasteiger partial charge in [0.2, 0.25) is 5.91 Å². The zero-order valence-electron chi connectivity index (χ0n) is 32.2. The third-order valence-corrected chi connectivity index (χ3v) is 12.0. The first-order valence-corrected chi connectivity index (χ1v) is 20.8. The van der Waals surface area contributed by atoms with Gasteiger partial charge in [-0.25, -0.2) is 16.8 Å². The van der Waals surface area contributed by atoms with E-state index in [1.807, 2.05) is 109 Å². The second-order valence-electron chi connectivity index (χ2n) is 15.7. The molecule has 4 aromatic carbocycles. The van der Waals surface area contributed by atoms with Crippen molar-refractivity contribution in [2.45, 2.75) is 78.0 Å². The summed E-state index contributed by atoms with van der Waals surface area (Å²) in [7, 11) is -6.62. The Morgan fingerprint density at radius 1 is 0.623 bits per heavy atom. The van der Waals surface area contributed by atoms with E-state index in [1.165, 1.54) is 12.1 Å². The number of sulfone groups is 2. The van der Waals surface area contributed by atoms with Crippen molar-refractivity contribution in [1.29, 1.82) is 0 Å². The van der Waals surface area contributed by atoms with Gasteiger partial charge in [-0.05, 0) is 71.2 Å². The van der Waals surface area contributed by atoms with Crippen molar-refractivity contribution in [2.75, 3.05) is 22.6 Å². The van der Waals surface area contributed by atoms with Crippen molar-refractivity contribution in [1.82, 2.24) is 0 Å². The molecule has 4 N–H and O–H groups in total. The van der Waals surface area contributed by atoms with Gasteiger partial charge in [-0.2, -0.15) is 0 Å². The summed E-state index contributed by atoms with van der Waals surface area (Å²) in [4.78, 5) is 23.5. The van der Waals surface area contributed by atoms with Crippen LogP contribution in [0.5, 0.6) is 0 Å². The maximum absolute atomic E-state index is 12.5. The minimum Gasteiger partial charge on any atom is -0.481 e. The third kappa shape index (κ3) is 17.3. The molecule has 0 aliphatic carbocycles. The molecule has 11 heteroatoms. The highest BCUT2D eigenvalue weighted by atomic mass is 32.2. The highest BCUT2D eigenvalue weighted by Gasteiger charge is 2.25. The molecular weight excluding hydrogens is 709 g/mol. The molecule has 0 unspecified atom stereocenters. The maximum atomic E-state index is 12.5. The Morgan fingerprint density at radius 3 is 1.45 bits per heavy atom. The van der Waals surface area contributed by atoms with E-state index in [0.29, 0.717) is 29.1 Å². The summed E-state index contributed by atoms with van der Waals surface area (Å²) >= 11 is 0. The van der Waals surface area contributed by atoms with E-state index >= 15 is 0 Å². The van der Waals surface area contributed by atoms with E-state index in [1.54, 1.807) is 43.3 Å². The number of amides is 1. The average Bonchev–Trinajstić information content (AvgIpc) is 3.04. The average molecular weight is 765 g/mol. The summed E-state index contributed by atoms with van der Waals surface area (Å²) in [5, 5.41) is 11.5. The Hall–Kier alpha value is -4.48. The van der Waals surface area contributed by atoms with Crippen LogP contribution in [0.2, 0.25) is 0 Å². The van der Waals surface area contributed by atoms with Crippen LogP contribution in [-0.4, -0.2) is 45.3 Å². The zero-order chi connectivity index (χ0) is 40.0. The maximum Gasteiger partial charge on any atom is 0.306 e. The van der Waals surface area contributed by atoms with Crippen LogP contribution in [0.25, 0.3) is 0 Å². The molecule has 0 aliphatic rings. The number of nitrogens with two attached hydrogens (primary N) is 1. The fraction of sp³-hybridized carbons (Fsp3) is 0.381. The minimum absolute atomic E-state index is 0.0574. The molecule has 0 aromatic heterocycles. The molecule has 0 heterocycles. The highest BCUT2D eigenvalue weighted by molar-refractivity contribution is 7.91. The molecule has 0 saturated carbocycles. The number of hydrogen-bond acceptors (Lipinski definition) is 7. The number of anilines is 2. The van der Waals surface area contributed by atoms with Gasteiger partial charge in [-0.15, -0.1) is 0 Å². The number of carbonyl (C=O) groups is 2. The number of carboxylic acid groups (broad SMARTS) is 1. The normalized spacial score (nSPS) is 12.9. The lowest BCUT2D eigenvalue weighted by Crippen LogP contribution is -2.23. The number of carboxylic acids is 1. The molecule has 0 radical (unpaired) electrons. The number of rotatable bonds is 11. The summed E-state index contributed by atoms with van der Waals surface area (Å²) in [6.07, 6.45) is 1.24. The lowest BCUT2D eigenvalue weighted by Gasteiger charge is -2.18. The summed E-state index contributed by atoms with van der Waals surface area (Å²) in [6.45, 7) is 15.0. The van der Waals surface area contributed by atoms with E-state index in [9.17, 15) is 26.4 Å². The van der Waals surface area contributed by atoms with E-state index in [2.05, 4.69) is 5.32 Å². The Kier molecular flexibility index (Phi) is 16.5. The number of benzene rings is 4. The second-order valence-corrected chi connectivity index (χ2v) is 19.7. The Balaban J connectivity index is 0.000000304. The number of nitrogen functional groups attached to an aromatic ring is 1. The van der Waals surface area contributed by atoms with Crippen molar-refractivity contribution >= 4 is 42.9 Å². The van der Waals surface area contributed by atoms with Crippen LogP contribution in [0.4, 0.5) is 11.4 Å². The molecule has 0 fully saturated rings. The van der Waals surface area contributed by atoms with Crippen molar-refractivity contribution in [3.63, 3.8) is 0 Å². The molecule has 4 aromatic rings. The van der Waals surface area contributed by atoms with Crippen LogP contribution in [0.15, 0.2) is 119 Å². The standard InChI is InChI=1S/C21H27NO3S.C11H17NO2S.C10H12O2/c1-16(13-17-9-6-5-7-10-17)20(23)22-18-11-8-12-19(14-18)26(24,25)15-21(2,3)4;1-11(2,3)8-15(13,14)10-6-4-5-9(12)7-10;1-8(10(11)12)7-9-5-3-2-4-6-9/h5-12,14,16H,13,15H2,1-4H3,(H,22,23);4-7H,8,12H2,1-3H3;2-6,8H,7H2,1H3,(H,11,12)/t16-;;8-/m0.0/s1. The highest BCUT2D eigenvalue weighted by Crippen LogP contribution is 2.25. The topological polar surface area (TPSA) is 161 Å². The van der Waals surface area contributed by atoms with Gasteiger partial charge in [0.1, 0.15) is 0 Å². The summed E-state index contributed by atoms with van der Waals surface area (Å²) < 4.78 is 49.0. The Morgan fingerprint density at radius 2 is 1.04 bits per heavy atom. The van der Waals surface area contributed by atoms with Crippen LogP contribution < -0.4 is 11.1 Å². The zero-order valence-corrected chi connectivity index (χ0v) is 33.8. The molecular formula is C42H56N2O7S2. The van der Waals surface area contributed by atoms with Gasteiger partial charge in [0, 0.05) is 17.3 Å². The van der Waals surface area contributed by atoms with E-state index in [4.69, 9.17) is 10.8 Å². The molecule has 0 saturated heterocycles. The van der Waals surface area contributed by atoms with Crippen LogP contribution in [0.1, 0.15) is 66.5 Å². The largest absolute Gasteiger partial charge is 0.481 e. The molecule has 1 amide bonds. The molecule has 0 spiro atoms. The van der Waals surface area contributed by atoms with Crippen LogP contribution in [0, 0.1) is 22.7 Å². The SMILES string of the molecule is CC(C)(C)CS(=O)(=O)c1cccc(N)c1.C[C@@H](Cc1ccccc1)C(=O)Nc1cccc(S(=O)(=O)CC(C)(C)C)c1.C[C@@H](Cc1ccccc1)C(=O)O. The predicted molar refractivity (Wildman–Crippen MR) is 215 cm³/mol. The summed E-state index contributed by atoms with van der Waals surface area (Å²) in [5.74, 6) is -1.19. The van der Waals surface area contributed by atoms with Gasteiger partial charge < -0.3 is 16.2 Å². The number of aliphatic carboxylic acids is 1. The summed E-state index contributed by atoms with van der Waals surface area (Å²) in [5.41, 5.74) is 8.13. The third-order valence-electron chi connectivity index (χ3n) is 7.56. The molecule has 4 rings (SSSR count). The first-order chi connectivity index (χ1) is 24.5. The second kappa shape index (κ2) is 19.6. The van der Waals surface area contributed by atoms with Crippen LogP contribution in [-0.2, 0) is 42.1 Å². The lowest BCUT2D eigenvalue weighted by atomic mass is 10.0. The van der Waals surface area contributed by atoms with Crippen molar-refractivity contribution in [2.24, 2.45) is 22.7 Å². The number of nitrogens with one attached hydrogen (secondary N) is 1. The quantitative estimate of drug-likeness (QED) is 0.128. The fourth-order valence-electron chi connectivity index (χ4n) is 5.16. The lowest BCUT2D eigenvalue weighted by molar-refractivity contribution is -0.141. The minimum atomic E-state index is -3.40. The first kappa shape index (κ1) is 44.7. The Bertz CT molecular complexity index is 1980. The predicted octanol–water partition coefficient (Wildman–Crippen LogP) is 8.36. The number of carbonyl (C=O) groups excluding carboxylic acids is 1. The fourth-order valence-corrected chi connectivity index (χ4v) is 8.97. The molecule has 2 atom stereocenters. The molecule has 53 heavy (non-hydrogen) atoms.